The van der Waals surface area contributed by atoms with Gasteiger partial charge in [-0.15, -0.1) is 0 Å². The summed E-state index contributed by atoms with van der Waals surface area (Å²) in [5.74, 6) is -1.40. The summed E-state index contributed by atoms with van der Waals surface area (Å²) >= 11 is 0. The van der Waals surface area contributed by atoms with Crippen molar-refractivity contribution in [3.8, 4) is 0 Å². The van der Waals surface area contributed by atoms with Gasteiger partial charge < -0.3 is 15.7 Å². The number of piperidine rings is 1. The third-order valence-electron chi connectivity index (χ3n) is 2.99. The van der Waals surface area contributed by atoms with Crippen LogP contribution in [-0.4, -0.2) is 36.1 Å². The second kappa shape index (κ2) is 6.48. The molecule has 1 saturated heterocycles. The van der Waals surface area contributed by atoms with Crippen LogP contribution in [0, 0.1) is 5.92 Å². The molecule has 92 valence electrons. The van der Waals surface area contributed by atoms with E-state index in [2.05, 4.69) is 10.6 Å². The lowest BCUT2D eigenvalue weighted by atomic mass is 10.0. The molecule has 0 spiro atoms. The monoisotopic (exact) mass is 228 g/mol. The SMILES string of the molecule is CCC(CNC(=O)[C@@H]1CCCCN1)C(=O)O. The molecule has 0 aliphatic carbocycles. The minimum Gasteiger partial charge on any atom is -0.481 e. The lowest BCUT2D eigenvalue weighted by Crippen LogP contribution is -2.48. The van der Waals surface area contributed by atoms with E-state index in [0.717, 1.165) is 25.8 Å². The van der Waals surface area contributed by atoms with Gasteiger partial charge in [0, 0.05) is 6.54 Å². The Morgan fingerprint density at radius 1 is 1.50 bits per heavy atom. The molecule has 0 aromatic rings. The van der Waals surface area contributed by atoms with Crippen LogP contribution in [0.4, 0.5) is 0 Å². The summed E-state index contributed by atoms with van der Waals surface area (Å²) in [6, 6.07) is -0.139. The fourth-order valence-electron chi connectivity index (χ4n) is 1.83. The second-order valence-electron chi connectivity index (χ2n) is 4.19. The topological polar surface area (TPSA) is 78.4 Å². The summed E-state index contributed by atoms with van der Waals surface area (Å²) < 4.78 is 0. The number of rotatable bonds is 5. The van der Waals surface area contributed by atoms with E-state index < -0.39 is 11.9 Å². The first kappa shape index (κ1) is 13.0. The maximum absolute atomic E-state index is 11.7. The molecule has 1 amide bonds. The van der Waals surface area contributed by atoms with E-state index in [9.17, 15) is 9.59 Å². The third kappa shape index (κ3) is 3.81. The van der Waals surface area contributed by atoms with Crippen molar-refractivity contribution >= 4 is 11.9 Å². The predicted octanol–water partition coefficient (Wildman–Crippen LogP) is 0.356. The zero-order valence-corrected chi connectivity index (χ0v) is 9.66. The summed E-state index contributed by atoms with van der Waals surface area (Å²) in [5, 5.41) is 14.7. The van der Waals surface area contributed by atoms with Crippen molar-refractivity contribution in [3.05, 3.63) is 0 Å². The van der Waals surface area contributed by atoms with Gasteiger partial charge in [0.1, 0.15) is 0 Å². The van der Waals surface area contributed by atoms with E-state index in [1.807, 2.05) is 6.92 Å². The fraction of sp³-hybridized carbons (Fsp3) is 0.818. The maximum Gasteiger partial charge on any atom is 0.308 e. The minimum absolute atomic E-state index is 0.0700. The number of aliphatic carboxylic acids is 1. The van der Waals surface area contributed by atoms with E-state index in [1.54, 1.807) is 0 Å². The Hall–Kier alpha value is -1.10. The Bertz CT molecular complexity index is 250. The van der Waals surface area contributed by atoms with Gasteiger partial charge >= 0.3 is 5.97 Å². The van der Waals surface area contributed by atoms with Gasteiger partial charge in [-0.1, -0.05) is 13.3 Å². The van der Waals surface area contributed by atoms with Crippen LogP contribution >= 0.6 is 0 Å². The van der Waals surface area contributed by atoms with Gasteiger partial charge in [-0.25, -0.2) is 0 Å². The first-order chi connectivity index (χ1) is 7.65. The molecule has 1 rings (SSSR count). The number of carboxylic acids is 1. The molecule has 3 N–H and O–H groups in total. The minimum atomic E-state index is -0.848. The highest BCUT2D eigenvalue weighted by atomic mass is 16.4. The first-order valence-electron chi connectivity index (χ1n) is 5.89. The lowest BCUT2D eigenvalue weighted by molar-refractivity contribution is -0.141. The van der Waals surface area contributed by atoms with E-state index in [1.165, 1.54) is 0 Å². The van der Waals surface area contributed by atoms with Gasteiger partial charge in [-0.05, 0) is 25.8 Å². The molecule has 1 aliphatic rings. The normalized spacial score (nSPS) is 22.4. The number of hydrogen-bond acceptors (Lipinski definition) is 3. The van der Waals surface area contributed by atoms with Crippen molar-refractivity contribution in [1.82, 2.24) is 10.6 Å². The Labute approximate surface area is 95.6 Å². The summed E-state index contributed by atoms with van der Waals surface area (Å²) in [6.45, 7) is 2.90. The molecule has 5 nitrogen and oxygen atoms in total. The van der Waals surface area contributed by atoms with Crippen molar-refractivity contribution in [2.24, 2.45) is 5.92 Å². The average Bonchev–Trinajstić information content (AvgIpc) is 2.30. The molecule has 1 aliphatic heterocycles. The number of carboxylic acid groups (broad SMARTS) is 1. The zero-order valence-electron chi connectivity index (χ0n) is 9.66. The van der Waals surface area contributed by atoms with Crippen LogP contribution < -0.4 is 10.6 Å². The Morgan fingerprint density at radius 3 is 2.75 bits per heavy atom. The Morgan fingerprint density at radius 2 is 2.25 bits per heavy atom. The van der Waals surface area contributed by atoms with Gasteiger partial charge in [0.15, 0.2) is 0 Å². The molecule has 16 heavy (non-hydrogen) atoms. The van der Waals surface area contributed by atoms with Crippen LogP contribution in [0.15, 0.2) is 0 Å². The summed E-state index contributed by atoms with van der Waals surface area (Å²) in [4.78, 5) is 22.4. The van der Waals surface area contributed by atoms with Crippen molar-refractivity contribution < 1.29 is 14.7 Å². The number of carbonyl (C=O) groups excluding carboxylic acids is 1. The molecule has 1 heterocycles. The smallest absolute Gasteiger partial charge is 0.308 e. The maximum atomic E-state index is 11.7. The molecule has 0 radical (unpaired) electrons. The average molecular weight is 228 g/mol. The Balaban J connectivity index is 2.30. The van der Waals surface area contributed by atoms with Gasteiger partial charge in [0.05, 0.1) is 12.0 Å². The fourth-order valence-corrected chi connectivity index (χ4v) is 1.83. The van der Waals surface area contributed by atoms with Crippen LogP contribution in [0.2, 0.25) is 0 Å². The van der Waals surface area contributed by atoms with Crippen molar-refractivity contribution in [1.29, 1.82) is 0 Å². The summed E-state index contributed by atoms with van der Waals surface area (Å²) in [5.41, 5.74) is 0. The second-order valence-corrected chi connectivity index (χ2v) is 4.19. The molecule has 5 heteroatoms. The third-order valence-corrected chi connectivity index (χ3v) is 2.99. The molecule has 0 bridgehead atoms. The first-order valence-corrected chi connectivity index (χ1v) is 5.89. The molecule has 1 fully saturated rings. The van der Waals surface area contributed by atoms with Crippen LogP contribution in [0.1, 0.15) is 32.6 Å². The van der Waals surface area contributed by atoms with Crippen molar-refractivity contribution in [2.45, 2.75) is 38.6 Å². The summed E-state index contributed by atoms with van der Waals surface area (Å²) in [6.07, 6.45) is 3.54. The molecule has 0 aromatic carbocycles. The molecule has 2 atom stereocenters. The molecular formula is C11H20N2O3. The quantitative estimate of drug-likeness (QED) is 0.634. The number of amides is 1. The number of carbonyl (C=O) groups is 2. The van der Waals surface area contributed by atoms with E-state index in [4.69, 9.17) is 5.11 Å². The Kier molecular flexibility index (Phi) is 5.25. The molecule has 0 saturated carbocycles. The van der Waals surface area contributed by atoms with Crippen LogP contribution in [-0.2, 0) is 9.59 Å². The lowest BCUT2D eigenvalue weighted by Gasteiger charge is -2.23. The van der Waals surface area contributed by atoms with Gasteiger partial charge in [0.25, 0.3) is 0 Å². The summed E-state index contributed by atoms with van der Waals surface area (Å²) in [7, 11) is 0. The molecule has 0 aromatic heterocycles. The molecular weight excluding hydrogens is 208 g/mol. The van der Waals surface area contributed by atoms with Gasteiger partial charge in [0.2, 0.25) is 5.91 Å². The van der Waals surface area contributed by atoms with Gasteiger partial charge in [-0.2, -0.15) is 0 Å². The highest BCUT2D eigenvalue weighted by Gasteiger charge is 2.22. The number of hydrogen-bond donors (Lipinski definition) is 3. The van der Waals surface area contributed by atoms with Crippen molar-refractivity contribution in [3.63, 3.8) is 0 Å². The van der Waals surface area contributed by atoms with E-state index >= 15 is 0 Å². The van der Waals surface area contributed by atoms with Gasteiger partial charge in [-0.3, -0.25) is 9.59 Å². The van der Waals surface area contributed by atoms with Crippen LogP contribution in [0.5, 0.6) is 0 Å². The van der Waals surface area contributed by atoms with Crippen molar-refractivity contribution in [2.75, 3.05) is 13.1 Å². The number of nitrogens with one attached hydrogen (secondary N) is 2. The van der Waals surface area contributed by atoms with E-state index in [0.29, 0.717) is 6.42 Å². The van der Waals surface area contributed by atoms with E-state index in [-0.39, 0.29) is 18.5 Å². The zero-order chi connectivity index (χ0) is 12.0. The highest BCUT2D eigenvalue weighted by molar-refractivity contribution is 5.82. The molecule has 1 unspecified atom stereocenters. The predicted molar refractivity (Wildman–Crippen MR) is 60.1 cm³/mol. The highest BCUT2D eigenvalue weighted by Crippen LogP contribution is 2.07. The standard InChI is InChI=1S/C11H20N2O3/c1-2-8(11(15)16)7-13-10(14)9-5-3-4-6-12-9/h8-9,12H,2-7H2,1H3,(H,13,14)(H,15,16)/t8?,9-/m0/s1. The van der Waals surface area contributed by atoms with Crippen LogP contribution in [0.25, 0.3) is 0 Å². The van der Waals surface area contributed by atoms with Crippen LogP contribution in [0.3, 0.4) is 0 Å². The largest absolute Gasteiger partial charge is 0.481 e.